The van der Waals surface area contributed by atoms with Crippen LogP contribution in [0.4, 0.5) is 0 Å². The summed E-state index contributed by atoms with van der Waals surface area (Å²) < 4.78 is 0. The molecule has 2 amide bonds. The Balaban J connectivity index is 1.17. The lowest BCUT2D eigenvalue weighted by Gasteiger charge is -2.69. The van der Waals surface area contributed by atoms with Crippen LogP contribution in [-0.2, 0) is 16.0 Å². The van der Waals surface area contributed by atoms with E-state index in [1.54, 1.807) is 6.07 Å². The molecule has 0 bridgehead atoms. The van der Waals surface area contributed by atoms with Gasteiger partial charge in [0.25, 0.3) is 5.91 Å². The van der Waals surface area contributed by atoms with Crippen LogP contribution in [0.1, 0.15) is 121 Å². The first-order valence-corrected chi connectivity index (χ1v) is 18.9. The van der Waals surface area contributed by atoms with Crippen molar-refractivity contribution in [3.8, 4) is 0 Å². The Bertz CT molecular complexity index is 1440. The van der Waals surface area contributed by atoms with E-state index in [1.807, 2.05) is 18.2 Å². The number of carboxylic acid groups (broad SMARTS) is 1. The average molecular weight is 661 g/mol. The lowest BCUT2D eigenvalue weighted by Crippen LogP contribution is -2.64. The molecule has 5 saturated carbocycles. The highest BCUT2D eigenvalue weighted by molar-refractivity contribution is 5.94. The van der Waals surface area contributed by atoms with Crippen LogP contribution in [0.3, 0.4) is 0 Å². The largest absolute Gasteiger partial charge is 0.481 e. The number of fused-ring (bicyclic) bond motifs is 7. The van der Waals surface area contributed by atoms with E-state index in [4.69, 9.17) is 5.11 Å². The molecule has 5 fully saturated rings. The maximum Gasteiger partial charge on any atom is 0.305 e. The predicted octanol–water partition coefficient (Wildman–Crippen LogP) is 7.18. The molecule has 10 atom stereocenters. The third-order valence-electron chi connectivity index (χ3n) is 15.2. The summed E-state index contributed by atoms with van der Waals surface area (Å²) in [6.45, 7) is 17.1. The number of hydrogen-bond donors (Lipinski definition) is 4. The average Bonchev–Trinajstić information content (AvgIpc) is 3.45. The van der Waals surface area contributed by atoms with Crippen LogP contribution in [0.5, 0.6) is 0 Å². The van der Waals surface area contributed by atoms with E-state index < -0.39 is 5.97 Å². The highest BCUT2D eigenvalue weighted by Crippen LogP contribution is 2.73. The SMILES string of the molecule is C=C(C)C1CCC2(C(=O)NCCc3cccc(C(=O)NCCC(=O)O)c3)CCC3C(CCC4C3(C)CCC3C(C)(C)C(O)CCC34C)C12. The van der Waals surface area contributed by atoms with Crippen LogP contribution in [-0.4, -0.2) is 47.2 Å². The minimum Gasteiger partial charge on any atom is -0.481 e. The first-order valence-electron chi connectivity index (χ1n) is 18.9. The van der Waals surface area contributed by atoms with Crippen molar-refractivity contribution in [2.45, 2.75) is 118 Å². The summed E-state index contributed by atoms with van der Waals surface area (Å²) >= 11 is 0. The van der Waals surface area contributed by atoms with Crippen LogP contribution in [0.15, 0.2) is 36.4 Å². The topological polar surface area (TPSA) is 116 Å². The van der Waals surface area contributed by atoms with Crippen LogP contribution in [0, 0.1) is 57.2 Å². The fraction of sp³-hybridized carbons (Fsp3) is 0.732. The lowest BCUT2D eigenvalue weighted by atomic mass is 9.36. The molecule has 264 valence electrons. The van der Waals surface area contributed by atoms with Crippen molar-refractivity contribution in [2.75, 3.05) is 13.1 Å². The van der Waals surface area contributed by atoms with Gasteiger partial charge in [-0.1, -0.05) is 52.0 Å². The summed E-state index contributed by atoms with van der Waals surface area (Å²) in [5, 5.41) is 25.9. The minimum absolute atomic E-state index is 0.0445. The van der Waals surface area contributed by atoms with Gasteiger partial charge in [0.1, 0.15) is 0 Å². The first-order chi connectivity index (χ1) is 22.6. The van der Waals surface area contributed by atoms with Gasteiger partial charge in [0.2, 0.25) is 5.91 Å². The zero-order chi connectivity index (χ0) is 34.6. The lowest BCUT2D eigenvalue weighted by molar-refractivity contribution is -0.216. The molecule has 48 heavy (non-hydrogen) atoms. The normalized spacial score (nSPS) is 39.6. The van der Waals surface area contributed by atoms with Crippen molar-refractivity contribution in [3.05, 3.63) is 47.5 Å². The summed E-state index contributed by atoms with van der Waals surface area (Å²) in [6, 6.07) is 7.39. The molecule has 1 aromatic carbocycles. The maximum atomic E-state index is 14.4. The second kappa shape index (κ2) is 12.9. The number of amides is 2. The van der Waals surface area contributed by atoms with Crippen LogP contribution < -0.4 is 10.6 Å². The molecule has 0 saturated heterocycles. The highest BCUT2D eigenvalue weighted by Gasteiger charge is 2.68. The summed E-state index contributed by atoms with van der Waals surface area (Å²) in [5.74, 6) is 2.08. The Morgan fingerprint density at radius 3 is 2.33 bits per heavy atom. The van der Waals surface area contributed by atoms with Gasteiger partial charge >= 0.3 is 5.97 Å². The number of aliphatic hydroxyl groups is 1. The quantitative estimate of drug-likeness (QED) is 0.210. The minimum atomic E-state index is -0.944. The fourth-order valence-corrected chi connectivity index (χ4v) is 12.9. The Labute approximate surface area is 288 Å². The van der Waals surface area contributed by atoms with Gasteiger partial charge in [-0.25, -0.2) is 0 Å². The summed E-state index contributed by atoms with van der Waals surface area (Å²) in [4.78, 5) is 37.8. The molecular formula is C41H60N2O5. The smallest absolute Gasteiger partial charge is 0.305 e. The molecule has 0 radical (unpaired) electrons. The molecule has 6 rings (SSSR count). The Hall–Kier alpha value is -2.67. The van der Waals surface area contributed by atoms with Crippen molar-refractivity contribution in [1.82, 2.24) is 10.6 Å². The van der Waals surface area contributed by atoms with E-state index in [2.05, 4.69) is 51.8 Å². The maximum absolute atomic E-state index is 14.4. The molecule has 10 unspecified atom stereocenters. The number of carboxylic acids is 1. The highest BCUT2D eigenvalue weighted by atomic mass is 16.4. The van der Waals surface area contributed by atoms with Gasteiger partial charge in [0.05, 0.1) is 17.9 Å². The van der Waals surface area contributed by atoms with Crippen molar-refractivity contribution in [3.63, 3.8) is 0 Å². The molecular weight excluding hydrogens is 600 g/mol. The van der Waals surface area contributed by atoms with E-state index in [9.17, 15) is 19.5 Å². The number of carbonyl (C=O) groups excluding carboxylic acids is 2. The second-order valence-electron chi connectivity index (χ2n) is 17.7. The van der Waals surface area contributed by atoms with Gasteiger partial charge in [-0.05, 0) is 147 Å². The number of benzene rings is 1. The number of allylic oxidation sites excluding steroid dienone is 1. The van der Waals surface area contributed by atoms with Crippen molar-refractivity contribution >= 4 is 17.8 Å². The summed E-state index contributed by atoms with van der Waals surface area (Å²) in [5.41, 5.74) is 2.84. The van der Waals surface area contributed by atoms with Crippen LogP contribution in [0.25, 0.3) is 0 Å². The van der Waals surface area contributed by atoms with Gasteiger partial charge < -0.3 is 20.8 Å². The van der Waals surface area contributed by atoms with Crippen molar-refractivity contribution in [1.29, 1.82) is 0 Å². The summed E-state index contributed by atoms with van der Waals surface area (Å²) in [7, 11) is 0. The molecule has 5 aliphatic rings. The molecule has 0 spiro atoms. The molecule has 0 aliphatic heterocycles. The Kier molecular flexibility index (Phi) is 9.45. The van der Waals surface area contributed by atoms with E-state index >= 15 is 0 Å². The first kappa shape index (κ1) is 35.2. The molecule has 7 heteroatoms. The van der Waals surface area contributed by atoms with Gasteiger partial charge in [-0.2, -0.15) is 0 Å². The van der Waals surface area contributed by atoms with Gasteiger partial charge in [0, 0.05) is 18.7 Å². The van der Waals surface area contributed by atoms with E-state index in [0.717, 1.165) is 44.1 Å². The standard InChI is InChI=1S/C41H60N2O5/c1-25(2)28-12-20-41(37(48)43-22-16-26-8-7-9-27(24-26)36(47)42-23-17-34(45)46)21-13-30-29(35(28)41)10-11-32-39(30,5)18-14-31-38(3,4)33(44)15-19-40(31,32)6/h7-9,24,28-33,35,44H,1,10-23H2,2-6H3,(H,42,47)(H,43,48)(H,45,46). The second-order valence-corrected chi connectivity index (χ2v) is 17.7. The van der Waals surface area contributed by atoms with E-state index in [-0.39, 0.29) is 52.5 Å². The number of nitrogens with one attached hydrogen (secondary N) is 2. The number of rotatable bonds is 9. The molecule has 0 aromatic heterocycles. The number of aliphatic hydroxyl groups excluding tert-OH is 1. The van der Waals surface area contributed by atoms with Gasteiger partial charge in [0.15, 0.2) is 0 Å². The monoisotopic (exact) mass is 660 g/mol. The van der Waals surface area contributed by atoms with Gasteiger partial charge in [-0.15, -0.1) is 0 Å². The molecule has 7 nitrogen and oxygen atoms in total. The third-order valence-corrected chi connectivity index (χ3v) is 15.2. The fourth-order valence-electron chi connectivity index (χ4n) is 12.9. The molecule has 1 aromatic rings. The number of hydrogen-bond acceptors (Lipinski definition) is 4. The van der Waals surface area contributed by atoms with E-state index in [1.165, 1.54) is 31.3 Å². The van der Waals surface area contributed by atoms with Crippen molar-refractivity contribution < 1.29 is 24.6 Å². The molecule has 0 heterocycles. The number of carbonyl (C=O) groups is 3. The Morgan fingerprint density at radius 2 is 1.60 bits per heavy atom. The summed E-state index contributed by atoms with van der Waals surface area (Å²) in [6.07, 6.45) is 11.2. The zero-order valence-corrected chi connectivity index (χ0v) is 30.1. The van der Waals surface area contributed by atoms with Crippen LogP contribution in [0.2, 0.25) is 0 Å². The Morgan fingerprint density at radius 1 is 0.875 bits per heavy atom. The molecule has 4 N–H and O–H groups in total. The van der Waals surface area contributed by atoms with E-state index in [0.29, 0.717) is 54.0 Å². The van der Waals surface area contributed by atoms with Crippen LogP contribution >= 0.6 is 0 Å². The molecule has 5 aliphatic carbocycles. The number of aliphatic carboxylic acids is 1. The third kappa shape index (κ3) is 5.74. The zero-order valence-electron chi connectivity index (χ0n) is 30.1. The predicted molar refractivity (Wildman–Crippen MR) is 188 cm³/mol. The van der Waals surface area contributed by atoms with Gasteiger partial charge in [-0.3, -0.25) is 14.4 Å². The van der Waals surface area contributed by atoms with Crippen molar-refractivity contribution in [2.24, 2.45) is 57.2 Å².